The summed E-state index contributed by atoms with van der Waals surface area (Å²) in [7, 11) is 1.69. The lowest BCUT2D eigenvalue weighted by atomic mass is 10.2. The normalized spacial score (nSPS) is 10.4. The van der Waals surface area contributed by atoms with E-state index in [4.69, 9.17) is 4.74 Å². The van der Waals surface area contributed by atoms with Crippen molar-refractivity contribution in [1.82, 2.24) is 9.55 Å². The molecule has 0 fully saturated rings. The summed E-state index contributed by atoms with van der Waals surface area (Å²) < 4.78 is 7.26. The number of benzene rings is 1. The molecule has 0 unspecified atom stereocenters. The number of methoxy groups -OCH3 is 1. The Morgan fingerprint density at radius 2 is 2.31 bits per heavy atom. The fourth-order valence-corrected chi connectivity index (χ4v) is 2.16. The van der Waals surface area contributed by atoms with Crippen molar-refractivity contribution in [3.63, 3.8) is 0 Å². The molecule has 0 atom stereocenters. The van der Waals surface area contributed by atoms with Crippen LogP contribution in [0.5, 0.6) is 5.75 Å². The molecule has 1 heterocycles. The third-order valence-electron chi connectivity index (χ3n) is 2.37. The van der Waals surface area contributed by atoms with E-state index in [9.17, 15) is 0 Å². The summed E-state index contributed by atoms with van der Waals surface area (Å²) in [5.41, 5.74) is 2.41. The van der Waals surface area contributed by atoms with Crippen LogP contribution in [0.15, 0.2) is 36.9 Å². The summed E-state index contributed by atoms with van der Waals surface area (Å²) in [6.07, 6.45) is 7.64. The zero-order valence-electron chi connectivity index (χ0n) is 9.38. The lowest BCUT2D eigenvalue weighted by Crippen LogP contribution is -1.97. The highest BCUT2D eigenvalue weighted by atomic mass is 32.2. The molecule has 0 amide bonds. The lowest BCUT2D eigenvalue weighted by molar-refractivity contribution is 0.414. The third kappa shape index (κ3) is 2.22. The van der Waals surface area contributed by atoms with E-state index in [2.05, 4.69) is 23.4 Å². The van der Waals surface area contributed by atoms with Gasteiger partial charge < -0.3 is 9.30 Å². The van der Waals surface area contributed by atoms with E-state index in [1.165, 1.54) is 5.56 Å². The lowest BCUT2D eigenvalue weighted by Gasteiger charge is -2.11. The molecule has 0 spiro atoms. The van der Waals surface area contributed by atoms with E-state index >= 15 is 0 Å². The topological polar surface area (TPSA) is 27.1 Å². The first-order valence-corrected chi connectivity index (χ1v) is 6.38. The van der Waals surface area contributed by atoms with Gasteiger partial charge in [-0.2, -0.15) is 11.8 Å². The van der Waals surface area contributed by atoms with Gasteiger partial charge >= 0.3 is 0 Å². The maximum atomic E-state index is 5.24. The van der Waals surface area contributed by atoms with E-state index in [-0.39, 0.29) is 0 Å². The van der Waals surface area contributed by atoms with Gasteiger partial charge in [-0.15, -0.1) is 0 Å². The SMILES string of the molecule is COc1ccc(-n2ccnc2)c(CSC)c1. The number of thioether (sulfide) groups is 1. The molecule has 2 rings (SSSR count). The van der Waals surface area contributed by atoms with Crippen LogP contribution >= 0.6 is 11.8 Å². The second kappa shape index (κ2) is 5.07. The van der Waals surface area contributed by atoms with Gasteiger partial charge in [0, 0.05) is 18.1 Å². The average Bonchev–Trinajstić information content (AvgIpc) is 2.83. The standard InChI is InChI=1S/C12H14N2OS/c1-15-11-3-4-12(10(7-11)8-16-2)14-6-5-13-9-14/h3-7,9H,8H2,1-2H3. The zero-order chi connectivity index (χ0) is 11.4. The highest BCUT2D eigenvalue weighted by Crippen LogP contribution is 2.24. The van der Waals surface area contributed by atoms with Crippen LogP contribution in [-0.4, -0.2) is 22.9 Å². The molecular formula is C12H14N2OS. The smallest absolute Gasteiger partial charge is 0.119 e. The number of hydrogen-bond donors (Lipinski definition) is 0. The first-order chi connectivity index (χ1) is 7.85. The Labute approximate surface area is 99.5 Å². The fraction of sp³-hybridized carbons (Fsp3) is 0.250. The second-order valence-electron chi connectivity index (χ2n) is 3.40. The highest BCUT2D eigenvalue weighted by molar-refractivity contribution is 7.97. The minimum atomic E-state index is 0.896. The predicted octanol–water partition coefficient (Wildman–Crippen LogP) is 2.74. The number of hydrogen-bond acceptors (Lipinski definition) is 3. The summed E-state index contributed by atoms with van der Waals surface area (Å²) in [5.74, 6) is 1.86. The van der Waals surface area contributed by atoms with Crippen LogP contribution in [-0.2, 0) is 5.75 Å². The molecule has 0 aliphatic heterocycles. The van der Waals surface area contributed by atoms with Gasteiger partial charge in [0.05, 0.1) is 19.1 Å². The molecule has 0 saturated carbocycles. The summed E-state index contributed by atoms with van der Waals surface area (Å²) in [5, 5.41) is 0. The van der Waals surface area contributed by atoms with Crippen LogP contribution in [0.25, 0.3) is 5.69 Å². The van der Waals surface area contributed by atoms with Crippen molar-refractivity contribution in [3.8, 4) is 11.4 Å². The second-order valence-corrected chi connectivity index (χ2v) is 4.26. The molecule has 1 aromatic carbocycles. The van der Waals surface area contributed by atoms with Crippen LogP contribution in [0.2, 0.25) is 0 Å². The average molecular weight is 234 g/mol. The highest BCUT2D eigenvalue weighted by Gasteiger charge is 2.05. The van der Waals surface area contributed by atoms with Crippen LogP contribution in [0.4, 0.5) is 0 Å². The Balaban J connectivity index is 2.44. The number of imidazole rings is 1. The fourth-order valence-electron chi connectivity index (χ4n) is 1.61. The number of ether oxygens (including phenoxy) is 1. The Morgan fingerprint density at radius 3 is 2.94 bits per heavy atom. The Hall–Kier alpha value is -1.42. The van der Waals surface area contributed by atoms with Gasteiger partial charge in [-0.05, 0) is 30.0 Å². The molecule has 4 heteroatoms. The molecule has 0 saturated heterocycles. The first kappa shape index (κ1) is 11.1. The Kier molecular flexibility index (Phi) is 3.51. The molecular weight excluding hydrogens is 220 g/mol. The van der Waals surface area contributed by atoms with Gasteiger partial charge in [0.2, 0.25) is 0 Å². The number of aromatic nitrogens is 2. The van der Waals surface area contributed by atoms with Crippen molar-refractivity contribution in [2.45, 2.75) is 5.75 Å². The molecule has 0 radical (unpaired) electrons. The number of rotatable bonds is 4. The minimum Gasteiger partial charge on any atom is -0.497 e. The quantitative estimate of drug-likeness (QED) is 0.814. The molecule has 16 heavy (non-hydrogen) atoms. The van der Waals surface area contributed by atoms with E-state index < -0.39 is 0 Å². The van der Waals surface area contributed by atoms with Crippen molar-refractivity contribution in [1.29, 1.82) is 0 Å². The monoisotopic (exact) mass is 234 g/mol. The van der Waals surface area contributed by atoms with E-state index in [1.54, 1.807) is 25.1 Å². The Morgan fingerprint density at radius 1 is 1.44 bits per heavy atom. The van der Waals surface area contributed by atoms with E-state index in [0.717, 1.165) is 17.2 Å². The van der Waals surface area contributed by atoms with Gasteiger partial charge in [0.15, 0.2) is 0 Å². The molecule has 0 bridgehead atoms. The maximum Gasteiger partial charge on any atom is 0.119 e. The first-order valence-electron chi connectivity index (χ1n) is 4.99. The minimum absolute atomic E-state index is 0.896. The van der Waals surface area contributed by atoms with Gasteiger partial charge in [0.1, 0.15) is 5.75 Å². The maximum absolute atomic E-state index is 5.24. The molecule has 2 aromatic rings. The zero-order valence-corrected chi connectivity index (χ0v) is 10.2. The van der Waals surface area contributed by atoms with Gasteiger partial charge in [-0.3, -0.25) is 0 Å². The summed E-state index contributed by atoms with van der Waals surface area (Å²) in [6.45, 7) is 0. The van der Waals surface area contributed by atoms with Crippen molar-refractivity contribution < 1.29 is 4.74 Å². The summed E-state index contributed by atoms with van der Waals surface area (Å²) in [6, 6.07) is 6.11. The molecule has 1 aromatic heterocycles. The summed E-state index contributed by atoms with van der Waals surface area (Å²) in [4.78, 5) is 4.07. The van der Waals surface area contributed by atoms with Crippen LogP contribution in [0.3, 0.4) is 0 Å². The molecule has 0 aliphatic rings. The number of nitrogens with zero attached hydrogens (tertiary/aromatic N) is 2. The van der Waals surface area contributed by atoms with E-state index in [1.807, 2.05) is 23.2 Å². The summed E-state index contributed by atoms with van der Waals surface area (Å²) >= 11 is 1.80. The van der Waals surface area contributed by atoms with Crippen molar-refractivity contribution in [2.75, 3.05) is 13.4 Å². The van der Waals surface area contributed by atoms with Crippen LogP contribution < -0.4 is 4.74 Å². The predicted molar refractivity (Wildman–Crippen MR) is 67.3 cm³/mol. The molecule has 0 N–H and O–H groups in total. The van der Waals surface area contributed by atoms with Gasteiger partial charge in [0.25, 0.3) is 0 Å². The third-order valence-corrected chi connectivity index (χ3v) is 2.97. The molecule has 84 valence electrons. The molecule has 3 nitrogen and oxygen atoms in total. The van der Waals surface area contributed by atoms with Crippen LogP contribution in [0.1, 0.15) is 5.56 Å². The largest absolute Gasteiger partial charge is 0.497 e. The van der Waals surface area contributed by atoms with Crippen molar-refractivity contribution in [2.24, 2.45) is 0 Å². The van der Waals surface area contributed by atoms with Crippen molar-refractivity contribution in [3.05, 3.63) is 42.5 Å². The molecule has 0 aliphatic carbocycles. The van der Waals surface area contributed by atoms with Gasteiger partial charge in [-0.25, -0.2) is 4.98 Å². The Bertz CT molecular complexity index is 454. The van der Waals surface area contributed by atoms with E-state index in [0.29, 0.717) is 0 Å². The van der Waals surface area contributed by atoms with Gasteiger partial charge in [-0.1, -0.05) is 0 Å². The van der Waals surface area contributed by atoms with Crippen LogP contribution in [0, 0.1) is 0 Å². The van der Waals surface area contributed by atoms with Crippen molar-refractivity contribution >= 4 is 11.8 Å².